The topological polar surface area (TPSA) is 126 Å². The molecule has 1 rings (SSSR count). The first kappa shape index (κ1) is 28.9. The van der Waals surface area contributed by atoms with Crippen LogP contribution in [0.1, 0.15) is 45.7 Å². The fraction of sp³-hybridized carbons (Fsp3) is 0.545. The summed E-state index contributed by atoms with van der Waals surface area (Å²) in [5, 5.41) is 10.2. The Kier molecular flexibility index (Phi) is 11.0. The fourth-order valence-corrected chi connectivity index (χ4v) is 2.76. The van der Waals surface area contributed by atoms with Crippen LogP contribution in [-0.2, 0) is 36.7 Å². The standard InChI is InChI=1S/C22H31F3N4O5/c1-12(2)20(29-19(32)9-26-13(3)4)21(33)27-10-18(31)28-16-7-6-15(11-34-14(5)30)17(8-16)22(23,24)25/h6-8,12-13,20,26H,9-11H2,1-5H3,(H,27,33)(H,28,31)(H,29,32). The molecule has 9 nitrogen and oxygen atoms in total. The molecule has 34 heavy (non-hydrogen) atoms. The average Bonchev–Trinajstić information content (AvgIpc) is 2.72. The molecule has 1 aromatic carbocycles. The molecule has 1 atom stereocenters. The highest BCUT2D eigenvalue weighted by Crippen LogP contribution is 2.34. The van der Waals surface area contributed by atoms with Crippen LogP contribution < -0.4 is 21.3 Å². The lowest BCUT2D eigenvalue weighted by atomic mass is 10.0. The normalized spacial score (nSPS) is 12.3. The Morgan fingerprint density at radius 2 is 1.65 bits per heavy atom. The van der Waals surface area contributed by atoms with Crippen molar-refractivity contribution in [1.82, 2.24) is 16.0 Å². The molecule has 0 saturated carbocycles. The average molecular weight is 489 g/mol. The molecule has 3 amide bonds. The van der Waals surface area contributed by atoms with Gasteiger partial charge in [0.15, 0.2) is 0 Å². The number of nitrogens with one attached hydrogen (secondary N) is 4. The maximum Gasteiger partial charge on any atom is 0.416 e. The van der Waals surface area contributed by atoms with E-state index in [2.05, 4.69) is 26.0 Å². The van der Waals surface area contributed by atoms with Crippen LogP contribution in [0.5, 0.6) is 0 Å². The zero-order chi connectivity index (χ0) is 26.1. The van der Waals surface area contributed by atoms with Crippen LogP contribution in [0.3, 0.4) is 0 Å². The number of benzene rings is 1. The molecule has 0 radical (unpaired) electrons. The summed E-state index contributed by atoms with van der Waals surface area (Å²) in [6, 6.07) is 2.22. The molecule has 0 aromatic heterocycles. The molecule has 0 bridgehead atoms. The van der Waals surface area contributed by atoms with Gasteiger partial charge in [-0.1, -0.05) is 33.8 Å². The summed E-state index contributed by atoms with van der Waals surface area (Å²) < 4.78 is 44.7. The number of alkyl halides is 3. The Hall–Kier alpha value is -3.15. The third-order valence-electron chi connectivity index (χ3n) is 4.49. The molecule has 0 aliphatic rings. The maximum atomic E-state index is 13.4. The highest BCUT2D eigenvalue weighted by Gasteiger charge is 2.34. The first-order valence-electron chi connectivity index (χ1n) is 10.6. The summed E-state index contributed by atoms with van der Waals surface area (Å²) in [6.07, 6.45) is -4.74. The molecule has 12 heteroatoms. The van der Waals surface area contributed by atoms with Gasteiger partial charge < -0.3 is 26.0 Å². The number of carbonyl (C=O) groups is 4. The van der Waals surface area contributed by atoms with E-state index in [1.807, 2.05) is 13.8 Å². The SMILES string of the molecule is CC(=O)OCc1ccc(NC(=O)CNC(=O)C(NC(=O)CNC(C)C)C(C)C)cc1C(F)(F)F. The number of hydrogen-bond acceptors (Lipinski definition) is 6. The Bertz CT molecular complexity index is 888. The third-order valence-corrected chi connectivity index (χ3v) is 4.49. The molecular weight excluding hydrogens is 457 g/mol. The molecule has 190 valence electrons. The molecule has 1 unspecified atom stereocenters. The van der Waals surface area contributed by atoms with Crippen LogP contribution in [0.15, 0.2) is 18.2 Å². The van der Waals surface area contributed by atoms with Gasteiger partial charge in [-0.25, -0.2) is 0 Å². The van der Waals surface area contributed by atoms with E-state index in [-0.39, 0.29) is 35.7 Å². The number of carbonyl (C=O) groups excluding carboxylic acids is 4. The van der Waals surface area contributed by atoms with Crippen molar-refractivity contribution >= 4 is 29.4 Å². The first-order chi connectivity index (χ1) is 15.7. The minimum absolute atomic E-state index is 0.0175. The van der Waals surface area contributed by atoms with E-state index in [1.54, 1.807) is 13.8 Å². The maximum absolute atomic E-state index is 13.4. The first-order valence-corrected chi connectivity index (χ1v) is 10.6. The van der Waals surface area contributed by atoms with Crippen molar-refractivity contribution in [2.24, 2.45) is 5.92 Å². The highest BCUT2D eigenvalue weighted by atomic mass is 19.4. The van der Waals surface area contributed by atoms with Crippen molar-refractivity contribution < 1.29 is 37.1 Å². The van der Waals surface area contributed by atoms with Gasteiger partial charge in [-0.2, -0.15) is 13.2 Å². The Balaban J connectivity index is 2.76. The van der Waals surface area contributed by atoms with Gasteiger partial charge in [0, 0.05) is 24.2 Å². The van der Waals surface area contributed by atoms with E-state index in [4.69, 9.17) is 0 Å². The van der Waals surface area contributed by atoms with Crippen molar-refractivity contribution in [3.63, 3.8) is 0 Å². The number of rotatable bonds is 11. The van der Waals surface area contributed by atoms with Crippen LogP contribution >= 0.6 is 0 Å². The lowest BCUT2D eigenvalue weighted by Crippen LogP contribution is -2.52. The van der Waals surface area contributed by atoms with Crippen molar-refractivity contribution in [3.05, 3.63) is 29.3 Å². The van der Waals surface area contributed by atoms with Gasteiger partial charge in [-0.15, -0.1) is 0 Å². The largest absolute Gasteiger partial charge is 0.461 e. The van der Waals surface area contributed by atoms with Gasteiger partial charge in [-0.3, -0.25) is 19.2 Å². The smallest absolute Gasteiger partial charge is 0.416 e. The molecule has 0 aliphatic carbocycles. The number of esters is 1. The second-order valence-corrected chi connectivity index (χ2v) is 8.24. The van der Waals surface area contributed by atoms with Crippen molar-refractivity contribution in [2.45, 2.75) is 59.5 Å². The lowest BCUT2D eigenvalue weighted by molar-refractivity contribution is -0.145. The predicted molar refractivity (Wildman–Crippen MR) is 118 cm³/mol. The molecule has 4 N–H and O–H groups in total. The fourth-order valence-electron chi connectivity index (χ4n) is 2.76. The summed E-state index contributed by atoms with van der Waals surface area (Å²) >= 11 is 0. The van der Waals surface area contributed by atoms with Gasteiger partial charge in [0.1, 0.15) is 12.6 Å². The van der Waals surface area contributed by atoms with E-state index in [0.717, 1.165) is 19.1 Å². The van der Waals surface area contributed by atoms with Crippen molar-refractivity contribution in [1.29, 1.82) is 0 Å². The van der Waals surface area contributed by atoms with Crippen molar-refractivity contribution in [3.8, 4) is 0 Å². The van der Waals surface area contributed by atoms with Crippen LogP contribution in [-0.4, -0.2) is 48.9 Å². The van der Waals surface area contributed by atoms with E-state index in [9.17, 15) is 32.3 Å². The monoisotopic (exact) mass is 488 g/mol. The number of amides is 3. The summed E-state index contributed by atoms with van der Waals surface area (Å²) in [5.41, 5.74) is -1.48. The number of halogens is 3. The van der Waals surface area contributed by atoms with Crippen LogP contribution in [0.4, 0.5) is 18.9 Å². The van der Waals surface area contributed by atoms with Crippen LogP contribution in [0.2, 0.25) is 0 Å². The molecule has 0 heterocycles. The Morgan fingerprint density at radius 3 is 2.18 bits per heavy atom. The summed E-state index contributed by atoms with van der Waals surface area (Å²) in [4.78, 5) is 47.6. The second-order valence-electron chi connectivity index (χ2n) is 8.24. The molecule has 0 saturated heterocycles. The third kappa shape index (κ3) is 10.2. The highest BCUT2D eigenvalue weighted by molar-refractivity contribution is 5.96. The van der Waals surface area contributed by atoms with Gasteiger partial charge in [0.05, 0.1) is 18.7 Å². The zero-order valence-electron chi connectivity index (χ0n) is 19.8. The molecule has 0 spiro atoms. The van der Waals surface area contributed by atoms with E-state index in [1.165, 1.54) is 6.07 Å². The van der Waals surface area contributed by atoms with Gasteiger partial charge in [0.25, 0.3) is 0 Å². The lowest BCUT2D eigenvalue weighted by Gasteiger charge is -2.22. The summed E-state index contributed by atoms with van der Waals surface area (Å²) in [7, 11) is 0. The van der Waals surface area contributed by atoms with Gasteiger partial charge in [-0.05, 0) is 18.1 Å². The van der Waals surface area contributed by atoms with E-state index >= 15 is 0 Å². The molecular formula is C22H31F3N4O5. The van der Waals surface area contributed by atoms with Gasteiger partial charge >= 0.3 is 12.1 Å². The minimum Gasteiger partial charge on any atom is -0.461 e. The summed E-state index contributed by atoms with van der Waals surface area (Å²) in [6.45, 7) is 7.18. The number of anilines is 1. The van der Waals surface area contributed by atoms with Gasteiger partial charge in [0.2, 0.25) is 17.7 Å². The Labute approximate surface area is 196 Å². The predicted octanol–water partition coefficient (Wildman–Crippen LogP) is 1.96. The molecule has 0 fully saturated rings. The van der Waals surface area contributed by atoms with Crippen LogP contribution in [0, 0.1) is 5.92 Å². The molecule has 1 aromatic rings. The quantitative estimate of drug-likeness (QED) is 0.353. The Morgan fingerprint density at radius 1 is 1.00 bits per heavy atom. The number of hydrogen-bond donors (Lipinski definition) is 4. The van der Waals surface area contributed by atoms with Crippen molar-refractivity contribution in [2.75, 3.05) is 18.4 Å². The minimum atomic E-state index is -4.74. The molecule has 0 aliphatic heterocycles. The summed E-state index contributed by atoms with van der Waals surface area (Å²) in [5.74, 6) is -2.75. The van der Waals surface area contributed by atoms with E-state index in [0.29, 0.717) is 0 Å². The number of ether oxygens (including phenoxy) is 1. The zero-order valence-corrected chi connectivity index (χ0v) is 19.8. The second kappa shape index (κ2) is 12.9. The van der Waals surface area contributed by atoms with E-state index < -0.39 is 48.7 Å². The van der Waals surface area contributed by atoms with Crippen LogP contribution in [0.25, 0.3) is 0 Å².